The van der Waals surface area contributed by atoms with E-state index < -0.39 is 0 Å². The van der Waals surface area contributed by atoms with E-state index in [2.05, 4.69) is 34.7 Å². The van der Waals surface area contributed by atoms with E-state index in [0.29, 0.717) is 6.04 Å². The summed E-state index contributed by atoms with van der Waals surface area (Å²) < 4.78 is 1.99. The molecule has 1 aliphatic rings. The van der Waals surface area contributed by atoms with Crippen molar-refractivity contribution in [3.05, 3.63) is 48.3 Å². The van der Waals surface area contributed by atoms with Gasteiger partial charge in [0.2, 0.25) is 0 Å². The summed E-state index contributed by atoms with van der Waals surface area (Å²) in [6.07, 6.45) is 4.96. The maximum absolute atomic E-state index is 4.21. The van der Waals surface area contributed by atoms with Crippen LogP contribution in [0.4, 0.5) is 0 Å². The highest BCUT2D eigenvalue weighted by molar-refractivity contribution is 7.99. The number of fused-ring (bicyclic) bond motifs is 1. The fraction of sp³-hybridized carbons (Fsp3) is 0.357. The van der Waals surface area contributed by atoms with Gasteiger partial charge in [0.05, 0.1) is 0 Å². The second-order valence-electron chi connectivity index (χ2n) is 4.48. The minimum atomic E-state index is 0.517. The van der Waals surface area contributed by atoms with Crippen molar-refractivity contribution in [3.63, 3.8) is 0 Å². The molecule has 0 saturated carbocycles. The summed E-state index contributed by atoms with van der Waals surface area (Å²) in [6.45, 7) is 2.03. The number of aryl methyl sites for hydroxylation is 1. The van der Waals surface area contributed by atoms with E-state index in [1.807, 2.05) is 34.9 Å². The zero-order chi connectivity index (χ0) is 12.2. The van der Waals surface area contributed by atoms with E-state index in [1.165, 1.54) is 10.5 Å². The van der Waals surface area contributed by atoms with Crippen molar-refractivity contribution in [1.82, 2.24) is 15.1 Å². The number of rotatable bonds is 5. The van der Waals surface area contributed by atoms with Gasteiger partial charge < -0.3 is 5.32 Å². The Kier molecular flexibility index (Phi) is 3.67. The molecule has 0 bridgehead atoms. The molecule has 1 atom stereocenters. The Morgan fingerprint density at radius 2 is 2.28 bits per heavy atom. The SMILES string of the molecule is c1ccc2c(c1)SCC2NCCCn1cccn1. The lowest BCUT2D eigenvalue weighted by molar-refractivity contribution is 0.511. The van der Waals surface area contributed by atoms with Gasteiger partial charge >= 0.3 is 0 Å². The number of aromatic nitrogens is 2. The first-order chi connectivity index (χ1) is 8.93. The maximum atomic E-state index is 4.21. The van der Waals surface area contributed by atoms with Crippen molar-refractivity contribution >= 4 is 11.8 Å². The average molecular weight is 259 g/mol. The third-order valence-corrected chi connectivity index (χ3v) is 4.40. The summed E-state index contributed by atoms with van der Waals surface area (Å²) in [4.78, 5) is 1.43. The Morgan fingerprint density at radius 3 is 3.17 bits per heavy atom. The van der Waals surface area contributed by atoms with Crippen molar-refractivity contribution < 1.29 is 0 Å². The first-order valence-corrected chi connectivity index (χ1v) is 7.34. The Labute approximate surface area is 112 Å². The summed E-state index contributed by atoms with van der Waals surface area (Å²) in [5, 5.41) is 7.84. The number of thioether (sulfide) groups is 1. The Bertz CT molecular complexity index is 496. The zero-order valence-electron chi connectivity index (χ0n) is 10.2. The van der Waals surface area contributed by atoms with Gasteiger partial charge in [-0.1, -0.05) is 18.2 Å². The van der Waals surface area contributed by atoms with Crippen LogP contribution in [-0.4, -0.2) is 22.1 Å². The van der Waals surface area contributed by atoms with E-state index in [4.69, 9.17) is 0 Å². The minimum absolute atomic E-state index is 0.517. The van der Waals surface area contributed by atoms with Gasteiger partial charge in [-0.25, -0.2) is 0 Å². The molecule has 0 amide bonds. The van der Waals surface area contributed by atoms with E-state index in [9.17, 15) is 0 Å². The first kappa shape index (κ1) is 11.8. The summed E-state index contributed by atoms with van der Waals surface area (Å²) in [5.41, 5.74) is 1.46. The number of hydrogen-bond donors (Lipinski definition) is 1. The van der Waals surface area contributed by atoms with Crippen LogP contribution in [0.25, 0.3) is 0 Å². The van der Waals surface area contributed by atoms with Gasteiger partial charge in [-0.2, -0.15) is 5.10 Å². The van der Waals surface area contributed by atoms with E-state index in [1.54, 1.807) is 0 Å². The molecule has 1 aromatic heterocycles. The molecule has 0 radical (unpaired) electrons. The highest BCUT2D eigenvalue weighted by atomic mass is 32.2. The Balaban J connectivity index is 1.47. The molecule has 3 nitrogen and oxygen atoms in total. The zero-order valence-corrected chi connectivity index (χ0v) is 11.1. The summed E-state index contributed by atoms with van der Waals surface area (Å²) in [5.74, 6) is 1.15. The predicted octanol–water partition coefficient (Wildman–Crippen LogP) is 2.71. The van der Waals surface area contributed by atoms with E-state index >= 15 is 0 Å². The molecule has 1 unspecified atom stereocenters. The fourth-order valence-electron chi connectivity index (χ4n) is 2.28. The third-order valence-electron chi connectivity index (χ3n) is 3.21. The Morgan fingerprint density at radius 1 is 1.33 bits per heavy atom. The van der Waals surface area contributed by atoms with Gasteiger partial charge in [-0.05, 0) is 30.7 Å². The van der Waals surface area contributed by atoms with Gasteiger partial charge in [0.1, 0.15) is 0 Å². The summed E-state index contributed by atoms with van der Waals surface area (Å²) >= 11 is 1.95. The Hall–Kier alpha value is -1.26. The molecular weight excluding hydrogens is 242 g/mol. The largest absolute Gasteiger partial charge is 0.309 e. The van der Waals surface area contributed by atoms with Crippen LogP contribution in [0.1, 0.15) is 18.0 Å². The van der Waals surface area contributed by atoms with Gasteiger partial charge in [0.15, 0.2) is 0 Å². The van der Waals surface area contributed by atoms with Gasteiger partial charge in [0, 0.05) is 35.6 Å². The van der Waals surface area contributed by atoms with Crippen molar-refractivity contribution in [3.8, 4) is 0 Å². The summed E-state index contributed by atoms with van der Waals surface area (Å²) in [7, 11) is 0. The topological polar surface area (TPSA) is 29.9 Å². The molecule has 3 rings (SSSR count). The van der Waals surface area contributed by atoms with Crippen LogP contribution in [0.2, 0.25) is 0 Å². The second kappa shape index (κ2) is 5.59. The molecule has 2 heterocycles. The van der Waals surface area contributed by atoms with Crippen LogP contribution in [0, 0.1) is 0 Å². The molecule has 18 heavy (non-hydrogen) atoms. The lowest BCUT2D eigenvalue weighted by atomic mass is 10.1. The van der Waals surface area contributed by atoms with Crippen LogP contribution in [0.3, 0.4) is 0 Å². The van der Waals surface area contributed by atoms with Crippen LogP contribution in [0.15, 0.2) is 47.6 Å². The molecule has 0 saturated heterocycles. The molecule has 94 valence electrons. The molecule has 1 aromatic carbocycles. The monoisotopic (exact) mass is 259 g/mol. The highest BCUT2D eigenvalue weighted by Crippen LogP contribution is 2.37. The molecule has 4 heteroatoms. The van der Waals surface area contributed by atoms with Crippen molar-refractivity contribution in [1.29, 1.82) is 0 Å². The number of nitrogens with one attached hydrogen (secondary N) is 1. The lowest BCUT2D eigenvalue weighted by Gasteiger charge is -2.13. The van der Waals surface area contributed by atoms with Crippen LogP contribution in [0.5, 0.6) is 0 Å². The molecule has 0 spiro atoms. The number of hydrogen-bond acceptors (Lipinski definition) is 3. The normalized spacial score (nSPS) is 17.9. The average Bonchev–Trinajstić information content (AvgIpc) is 3.04. The molecule has 0 fully saturated rings. The predicted molar refractivity (Wildman–Crippen MR) is 74.8 cm³/mol. The smallest absolute Gasteiger partial charge is 0.0489 e. The second-order valence-corrected chi connectivity index (χ2v) is 5.54. The third kappa shape index (κ3) is 2.60. The van der Waals surface area contributed by atoms with E-state index in [-0.39, 0.29) is 0 Å². The van der Waals surface area contributed by atoms with Crippen molar-refractivity contribution in [2.75, 3.05) is 12.3 Å². The minimum Gasteiger partial charge on any atom is -0.309 e. The first-order valence-electron chi connectivity index (χ1n) is 6.36. The standard InChI is InChI=1S/C14H17N3S/c1-2-6-14-12(5-1)13(11-18-14)15-7-3-9-17-10-4-8-16-17/h1-2,4-6,8,10,13,15H,3,7,9,11H2. The lowest BCUT2D eigenvalue weighted by Crippen LogP contribution is -2.23. The van der Waals surface area contributed by atoms with Gasteiger partial charge in [-0.15, -0.1) is 11.8 Å². The molecule has 2 aromatic rings. The maximum Gasteiger partial charge on any atom is 0.0489 e. The van der Waals surface area contributed by atoms with Crippen molar-refractivity contribution in [2.45, 2.75) is 23.9 Å². The van der Waals surface area contributed by atoms with Crippen molar-refractivity contribution in [2.24, 2.45) is 0 Å². The molecule has 1 aliphatic heterocycles. The van der Waals surface area contributed by atoms with Crippen LogP contribution >= 0.6 is 11.8 Å². The molecule has 1 N–H and O–H groups in total. The van der Waals surface area contributed by atoms with Crippen LogP contribution < -0.4 is 5.32 Å². The fourth-order valence-corrected chi connectivity index (χ4v) is 3.48. The summed E-state index contributed by atoms with van der Waals surface area (Å²) in [6, 6.07) is 11.2. The number of benzene rings is 1. The quantitative estimate of drug-likeness (QED) is 0.837. The molecule has 0 aliphatic carbocycles. The van der Waals surface area contributed by atoms with E-state index in [0.717, 1.165) is 25.3 Å². The van der Waals surface area contributed by atoms with Gasteiger partial charge in [-0.3, -0.25) is 4.68 Å². The number of nitrogens with zero attached hydrogens (tertiary/aromatic N) is 2. The highest BCUT2D eigenvalue weighted by Gasteiger charge is 2.21. The molecular formula is C14H17N3S. The van der Waals surface area contributed by atoms with Gasteiger partial charge in [0.25, 0.3) is 0 Å². The van der Waals surface area contributed by atoms with Crippen LogP contribution in [-0.2, 0) is 6.54 Å².